The van der Waals surface area contributed by atoms with Gasteiger partial charge in [-0.15, -0.1) is 0 Å². The number of aliphatic carboxylic acids is 1. The van der Waals surface area contributed by atoms with E-state index < -0.39 is 11.9 Å². The molecule has 0 aromatic heterocycles. The molecule has 0 aliphatic heterocycles. The van der Waals surface area contributed by atoms with Crippen LogP contribution in [0.4, 0.5) is 0 Å². The van der Waals surface area contributed by atoms with Crippen LogP contribution in [-0.2, 0) is 17.6 Å². The summed E-state index contributed by atoms with van der Waals surface area (Å²) < 4.78 is 11.4. The Balaban J connectivity index is 1.66. The highest BCUT2D eigenvalue weighted by molar-refractivity contribution is 5.76. The molecule has 29 heavy (non-hydrogen) atoms. The van der Waals surface area contributed by atoms with Crippen molar-refractivity contribution in [2.75, 3.05) is 13.7 Å². The van der Waals surface area contributed by atoms with Crippen molar-refractivity contribution in [3.8, 4) is 11.5 Å². The van der Waals surface area contributed by atoms with Crippen molar-refractivity contribution in [2.45, 2.75) is 25.2 Å². The minimum atomic E-state index is -0.836. The third-order valence-electron chi connectivity index (χ3n) is 4.88. The van der Waals surface area contributed by atoms with Crippen molar-refractivity contribution in [3.63, 3.8) is 0 Å². The Bertz CT molecular complexity index is 907. The first kappa shape index (κ1) is 20.5. The van der Waals surface area contributed by atoms with Crippen LogP contribution in [0.3, 0.4) is 0 Å². The summed E-state index contributed by atoms with van der Waals surface area (Å²) in [5.41, 5.74) is 2.98. The summed E-state index contributed by atoms with van der Waals surface area (Å²) in [6.45, 7) is 0.565. The average molecular weight is 390 g/mol. The van der Waals surface area contributed by atoms with Gasteiger partial charge in [0, 0.05) is 0 Å². The minimum absolute atomic E-state index is 0.393. The van der Waals surface area contributed by atoms with E-state index in [0.717, 1.165) is 24.0 Å². The lowest BCUT2D eigenvalue weighted by atomic mass is 9.92. The highest BCUT2D eigenvalue weighted by atomic mass is 16.5. The van der Waals surface area contributed by atoms with Gasteiger partial charge < -0.3 is 14.6 Å². The van der Waals surface area contributed by atoms with Gasteiger partial charge in [0.25, 0.3) is 0 Å². The third-order valence-corrected chi connectivity index (χ3v) is 4.88. The normalized spacial score (nSPS) is 11.6. The van der Waals surface area contributed by atoms with Crippen LogP contribution in [0.1, 0.15) is 29.0 Å². The van der Waals surface area contributed by atoms with Crippen LogP contribution >= 0.6 is 0 Å². The molecule has 0 bridgehead atoms. The number of rotatable bonds is 10. The number of ether oxygens (including phenoxy) is 2. The van der Waals surface area contributed by atoms with Gasteiger partial charge in [-0.2, -0.15) is 0 Å². The van der Waals surface area contributed by atoms with Gasteiger partial charge >= 0.3 is 5.97 Å². The van der Waals surface area contributed by atoms with Crippen LogP contribution in [0.5, 0.6) is 11.5 Å². The molecule has 150 valence electrons. The fourth-order valence-electron chi connectivity index (χ4n) is 3.33. The lowest BCUT2D eigenvalue weighted by Crippen LogP contribution is -2.14. The molecule has 4 nitrogen and oxygen atoms in total. The first-order chi connectivity index (χ1) is 14.2. The summed E-state index contributed by atoms with van der Waals surface area (Å²) in [4.78, 5) is 11.8. The second-order valence-corrected chi connectivity index (χ2v) is 6.93. The second kappa shape index (κ2) is 10.3. The van der Waals surface area contributed by atoms with Gasteiger partial charge in [-0.3, -0.25) is 4.79 Å². The number of carboxylic acids is 1. The van der Waals surface area contributed by atoms with E-state index in [0.29, 0.717) is 24.5 Å². The van der Waals surface area contributed by atoms with E-state index in [4.69, 9.17) is 9.47 Å². The molecule has 0 fully saturated rings. The first-order valence-electron chi connectivity index (χ1n) is 9.79. The summed E-state index contributed by atoms with van der Waals surface area (Å²) in [7, 11) is 1.61. The van der Waals surface area contributed by atoms with Crippen molar-refractivity contribution in [3.05, 3.63) is 95.6 Å². The molecule has 1 atom stereocenters. The molecule has 0 aliphatic rings. The maximum atomic E-state index is 11.8. The second-order valence-electron chi connectivity index (χ2n) is 6.93. The monoisotopic (exact) mass is 390 g/mol. The van der Waals surface area contributed by atoms with Crippen molar-refractivity contribution in [1.29, 1.82) is 0 Å². The fourth-order valence-corrected chi connectivity index (χ4v) is 3.33. The van der Waals surface area contributed by atoms with E-state index in [2.05, 4.69) is 12.1 Å². The van der Waals surface area contributed by atoms with Crippen LogP contribution in [-0.4, -0.2) is 24.8 Å². The summed E-state index contributed by atoms with van der Waals surface area (Å²) >= 11 is 0. The zero-order valence-electron chi connectivity index (χ0n) is 16.6. The molecule has 4 heteroatoms. The molecule has 0 spiro atoms. The van der Waals surface area contributed by atoms with Crippen LogP contribution in [0.15, 0.2) is 78.9 Å². The zero-order valence-corrected chi connectivity index (χ0v) is 16.6. The van der Waals surface area contributed by atoms with Gasteiger partial charge in [-0.25, -0.2) is 0 Å². The Labute approximate surface area is 171 Å². The number of carboxylic acid groups (broad SMARTS) is 1. The Morgan fingerprint density at radius 2 is 1.59 bits per heavy atom. The molecule has 1 unspecified atom stereocenters. The molecule has 0 heterocycles. The Morgan fingerprint density at radius 1 is 0.897 bits per heavy atom. The van der Waals surface area contributed by atoms with Crippen molar-refractivity contribution in [2.24, 2.45) is 0 Å². The van der Waals surface area contributed by atoms with Crippen LogP contribution in [0, 0.1) is 0 Å². The summed E-state index contributed by atoms with van der Waals surface area (Å²) in [5, 5.41) is 9.68. The van der Waals surface area contributed by atoms with Crippen LogP contribution < -0.4 is 9.47 Å². The lowest BCUT2D eigenvalue weighted by Gasteiger charge is -2.16. The van der Waals surface area contributed by atoms with E-state index in [1.165, 1.54) is 5.56 Å². The number of aryl methyl sites for hydroxylation is 1. The van der Waals surface area contributed by atoms with E-state index in [1.807, 2.05) is 66.7 Å². The number of benzene rings is 3. The van der Waals surface area contributed by atoms with Gasteiger partial charge in [0.1, 0.15) is 0 Å². The molecule has 3 rings (SSSR count). The van der Waals surface area contributed by atoms with Crippen molar-refractivity contribution < 1.29 is 19.4 Å². The Kier molecular flexibility index (Phi) is 7.28. The maximum absolute atomic E-state index is 11.8. The number of hydrogen-bond acceptors (Lipinski definition) is 3. The van der Waals surface area contributed by atoms with Crippen LogP contribution in [0.25, 0.3) is 0 Å². The Morgan fingerprint density at radius 3 is 2.24 bits per heavy atom. The van der Waals surface area contributed by atoms with E-state index in [9.17, 15) is 9.90 Å². The molecular weight excluding hydrogens is 364 g/mol. The predicted molar refractivity (Wildman–Crippen MR) is 114 cm³/mol. The average Bonchev–Trinajstić information content (AvgIpc) is 2.76. The van der Waals surface area contributed by atoms with Crippen LogP contribution in [0.2, 0.25) is 0 Å². The molecule has 0 saturated carbocycles. The zero-order chi connectivity index (χ0) is 20.5. The highest BCUT2D eigenvalue weighted by Gasteiger charge is 2.21. The molecule has 3 aromatic rings. The molecular formula is C25H26O4. The first-order valence-corrected chi connectivity index (χ1v) is 9.79. The van der Waals surface area contributed by atoms with E-state index in [1.54, 1.807) is 7.11 Å². The van der Waals surface area contributed by atoms with E-state index in [-0.39, 0.29) is 0 Å². The largest absolute Gasteiger partial charge is 0.493 e. The quantitative estimate of drug-likeness (QED) is 0.488. The molecule has 1 N–H and O–H groups in total. The SMILES string of the molecule is COc1ccc(CC(C(=O)O)c2ccccc2)cc1OCCCc1ccccc1. The predicted octanol–water partition coefficient (Wildman–Crippen LogP) is 5.12. The van der Waals surface area contributed by atoms with Gasteiger partial charge in [0.05, 0.1) is 19.6 Å². The molecule has 0 radical (unpaired) electrons. The standard InChI is InChI=1S/C25H26O4/c1-28-23-15-14-20(17-22(25(26)27)21-12-6-3-7-13-21)18-24(23)29-16-8-11-19-9-4-2-5-10-19/h2-7,9-10,12-15,18,22H,8,11,16-17H2,1H3,(H,26,27). The Hall–Kier alpha value is -3.27. The molecule has 0 saturated heterocycles. The van der Waals surface area contributed by atoms with E-state index >= 15 is 0 Å². The summed E-state index contributed by atoms with van der Waals surface area (Å²) in [5.74, 6) is -0.136. The smallest absolute Gasteiger partial charge is 0.311 e. The fraction of sp³-hybridized carbons (Fsp3) is 0.240. The van der Waals surface area contributed by atoms with Gasteiger partial charge in [0.2, 0.25) is 0 Å². The summed E-state index contributed by atoms with van der Waals surface area (Å²) in [6, 6.07) is 25.2. The maximum Gasteiger partial charge on any atom is 0.311 e. The molecule has 3 aromatic carbocycles. The topological polar surface area (TPSA) is 55.8 Å². The van der Waals surface area contributed by atoms with Gasteiger partial charge in [-0.05, 0) is 48.1 Å². The minimum Gasteiger partial charge on any atom is -0.493 e. The summed E-state index contributed by atoms with van der Waals surface area (Å²) in [6.07, 6.45) is 2.22. The lowest BCUT2D eigenvalue weighted by molar-refractivity contribution is -0.138. The van der Waals surface area contributed by atoms with Crippen molar-refractivity contribution >= 4 is 5.97 Å². The third kappa shape index (κ3) is 5.85. The number of methoxy groups -OCH3 is 1. The number of hydrogen-bond donors (Lipinski definition) is 1. The van der Waals surface area contributed by atoms with Gasteiger partial charge in [-0.1, -0.05) is 66.7 Å². The number of carbonyl (C=O) groups is 1. The highest BCUT2D eigenvalue weighted by Crippen LogP contribution is 2.31. The van der Waals surface area contributed by atoms with Gasteiger partial charge in [0.15, 0.2) is 11.5 Å². The van der Waals surface area contributed by atoms with Crippen molar-refractivity contribution in [1.82, 2.24) is 0 Å². The molecule has 0 amide bonds. The molecule has 0 aliphatic carbocycles.